The van der Waals surface area contributed by atoms with E-state index in [-0.39, 0.29) is 6.04 Å². The third kappa shape index (κ3) is 3.05. The van der Waals surface area contributed by atoms with Gasteiger partial charge in [0.05, 0.1) is 12.8 Å². The SMILES string of the molecule is Cc1sc2c(c1C)C(c1ccc(Cl)cc1)=N[C@@H](Cc1nnn(C)n1)c1nnc(C)n1-2. The summed E-state index contributed by atoms with van der Waals surface area (Å²) in [5.74, 6) is 2.23. The van der Waals surface area contributed by atoms with Gasteiger partial charge in [-0.15, -0.1) is 31.7 Å². The number of aryl methyl sites for hydroxylation is 3. The number of aromatic nitrogens is 7. The van der Waals surface area contributed by atoms with Gasteiger partial charge in [-0.05, 0) is 43.7 Å². The predicted molar refractivity (Wildman–Crippen MR) is 116 cm³/mol. The van der Waals surface area contributed by atoms with Crippen molar-refractivity contribution in [1.82, 2.24) is 35.0 Å². The summed E-state index contributed by atoms with van der Waals surface area (Å²) in [5, 5.41) is 23.1. The van der Waals surface area contributed by atoms with Crippen molar-refractivity contribution in [2.75, 3.05) is 0 Å². The van der Waals surface area contributed by atoms with E-state index in [1.54, 1.807) is 18.4 Å². The van der Waals surface area contributed by atoms with Crippen LogP contribution in [0.15, 0.2) is 29.3 Å². The van der Waals surface area contributed by atoms with Crippen molar-refractivity contribution in [3.8, 4) is 5.00 Å². The van der Waals surface area contributed by atoms with Gasteiger partial charge in [-0.2, -0.15) is 4.80 Å². The largest absolute Gasteiger partial charge is 0.272 e. The number of nitrogens with zero attached hydrogens (tertiary/aromatic N) is 8. The molecule has 0 unspecified atom stereocenters. The summed E-state index contributed by atoms with van der Waals surface area (Å²) in [7, 11) is 1.75. The highest BCUT2D eigenvalue weighted by Gasteiger charge is 2.32. The first kappa shape index (κ1) is 19.1. The fourth-order valence-electron chi connectivity index (χ4n) is 3.71. The zero-order valence-corrected chi connectivity index (χ0v) is 18.5. The zero-order valence-electron chi connectivity index (χ0n) is 17.0. The lowest BCUT2D eigenvalue weighted by atomic mass is 9.99. The first-order valence-electron chi connectivity index (χ1n) is 9.51. The summed E-state index contributed by atoms with van der Waals surface area (Å²) in [6.45, 7) is 6.24. The highest BCUT2D eigenvalue weighted by molar-refractivity contribution is 7.15. The predicted octanol–water partition coefficient (Wildman–Crippen LogP) is 3.57. The van der Waals surface area contributed by atoms with Gasteiger partial charge in [0.25, 0.3) is 0 Å². The Bertz CT molecular complexity index is 1280. The van der Waals surface area contributed by atoms with Crippen LogP contribution in [0.4, 0.5) is 0 Å². The van der Waals surface area contributed by atoms with Crippen LogP contribution in [0.2, 0.25) is 5.02 Å². The van der Waals surface area contributed by atoms with E-state index in [9.17, 15) is 0 Å². The fourth-order valence-corrected chi connectivity index (χ4v) is 5.05. The molecule has 1 aliphatic heterocycles. The van der Waals surface area contributed by atoms with Crippen LogP contribution in [-0.2, 0) is 13.5 Å². The number of tetrazole rings is 1. The van der Waals surface area contributed by atoms with Gasteiger partial charge in [0, 0.05) is 27.4 Å². The van der Waals surface area contributed by atoms with Crippen LogP contribution in [0.1, 0.15) is 45.1 Å². The minimum absolute atomic E-state index is 0.291. The van der Waals surface area contributed by atoms with Crippen LogP contribution >= 0.6 is 22.9 Å². The highest BCUT2D eigenvalue weighted by Crippen LogP contribution is 2.39. The number of fused-ring (bicyclic) bond motifs is 3. The van der Waals surface area contributed by atoms with Crippen molar-refractivity contribution in [1.29, 1.82) is 0 Å². The molecular weight excluding hydrogens is 420 g/mol. The molecule has 1 aromatic carbocycles. The molecule has 0 aliphatic carbocycles. The van der Waals surface area contributed by atoms with Gasteiger partial charge < -0.3 is 0 Å². The van der Waals surface area contributed by atoms with Crippen LogP contribution < -0.4 is 0 Å². The molecule has 1 atom stereocenters. The van der Waals surface area contributed by atoms with Gasteiger partial charge in [-0.1, -0.05) is 23.7 Å². The standard InChI is InChI=1S/C20H19ClN8S/c1-10-11(2)30-20-17(10)18(13-5-7-14(21)8-6-13)22-15(9-16-24-27-28(4)26-16)19-25-23-12(3)29(19)20/h5-8,15H,9H2,1-4H3/t15-/m0/s1. The fraction of sp³-hybridized carbons (Fsp3) is 0.300. The Balaban J connectivity index is 1.76. The van der Waals surface area contributed by atoms with Crippen molar-refractivity contribution in [2.24, 2.45) is 12.0 Å². The normalized spacial score (nSPS) is 15.5. The van der Waals surface area contributed by atoms with Gasteiger partial charge >= 0.3 is 0 Å². The third-order valence-electron chi connectivity index (χ3n) is 5.28. The van der Waals surface area contributed by atoms with E-state index < -0.39 is 0 Å². The maximum atomic E-state index is 6.15. The van der Waals surface area contributed by atoms with Crippen LogP contribution in [0, 0.1) is 20.8 Å². The molecule has 30 heavy (non-hydrogen) atoms. The molecule has 0 saturated carbocycles. The van der Waals surface area contributed by atoms with Gasteiger partial charge in [-0.25, -0.2) is 0 Å². The quantitative estimate of drug-likeness (QED) is 0.488. The molecular formula is C20H19ClN8S. The summed E-state index contributed by atoms with van der Waals surface area (Å²) < 4.78 is 2.12. The second kappa shape index (κ2) is 7.10. The molecule has 0 spiro atoms. The Morgan fingerprint density at radius 3 is 2.53 bits per heavy atom. The van der Waals surface area contributed by atoms with E-state index in [1.807, 2.05) is 31.2 Å². The van der Waals surface area contributed by atoms with E-state index in [4.69, 9.17) is 16.6 Å². The number of halogens is 1. The molecule has 4 heterocycles. The van der Waals surface area contributed by atoms with E-state index in [0.29, 0.717) is 17.3 Å². The van der Waals surface area contributed by atoms with E-state index in [1.165, 1.54) is 15.2 Å². The average Bonchev–Trinajstić information content (AvgIpc) is 3.35. The summed E-state index contributed by atoms with van der Waals surface area (Å²) in [6, 6.07) is 7.51. The minimum atomic E-state index is -0.291. The Morgan fingerprint density at radius 2 is 1.83 bits per heavy atom. The van der Waals surface area contributed by atoms with Crippen molar-refractivity contribution < 1.29 is 0 Å². The third-order valence-corrected chi connectivity index (χ3v) is 6.73. The number of thiophene rings is 1. The monoisotopic (exact) mass is 438 g/mol. The van der Waals surface area contributed by atoms with Gasteiger partial charge in [0.1, 0.15) is 16.9 Å². The first-order valence-corrected chi connectivity index (χ1v) is 10.7. The molecule has 8 nitrogen and oxygen atoms in total. The van der Waals surface area contributed by atoms with Crippen molar-refractivity contribution in [3.05, 3.63) is 68.3 Å². The van der Waals surface area contributed by atoms with Crippen LogP contribution in [0.25, 0.3) is 5.00 Å². The highest BCUT2D eigenvalue weighted by atomic mass is 35.5. The van der Waals surface area contributed by atoms with Crippen LogP contribution in [-0.4, -0.2) is 40.7 Å². The summed E-state index contributed by atoms with van der Waals surface area (Å²) in [4.78, 5) is 7.89. The molecule has 0 saturated heterocycles. The molecule has 4 aromatic rings. The molecule has 1 aliphatic rings. The van der Waals surface area contributed by atoms with Gasteiger partial charge in [-0.3, -0.25) is 9.56 Å². The van der Waals surface area contributed by atoms with Crippen molar-refractivity contribution in [2.45, 2.75) is 33.2 Å². The minimum Gasteiger partial charge on any atom is -0.272 e. The summed E-state index contributed by atoms with van der Waals surface area (Å²) >= 11 is 7.88. The molecule has 10 heteroatoms. The smallest absolute Gasteiger partial charge is 0.177 e. The first-order chi connectivity index (χ1) is 14.4. The number of aliphatic imine (C=N–C) groups is 1. The number of benzene rings is 1. The van der Waals surface area contributed by atoms with Crippen molar-refractivity contribution in [3.63, 3.8) is 0 Å². The lowest BCUT2D eigenvalue weighted by molar-refractivity contribution is 0.613. The molecule has 0 amide bonds. The van der Waals surface area contributed by atoms with Gasteiger partial charge in [0.2, 0.25) is 0 Å². The van der Waals surface area contributed by atoms with Crippen molar-refractivity contribution >= 4 is 28.6 Å². The maximum absolute atomic E-state index is 6.15. The topological polar surface area (TPSA) is 86.7 Å². The molecule has 152 valence electrons. The molecule has 5 rings (SSSR count). The maximum Gasteiger partial charge on any atom is 0.177 e. The Kier molecular flexibility index (Phi) is 4.52. The van der Waals surface area contributed by atoms with Crippen LogP contribution in [0.3, 0.4) is 0 Å². The summed E-state index contributed by atoms with van der Waals surface area (Å²) in [5.41, 5.74) is 4.25. The zero-order chi connectivity index (χ0) is 21.0. The van der Waals surface area contributed by atoms with E-state index >= 15 is 0 Å². The van der Waals surface area contributed by atoms with Crippen LogP contribution in [0.5, 0.6) is 0 Å². The van der Waals surface area contributed by atoms with E-state index in [0.717, 1.165) is 33.5 Å². The second-order valence-electron chi connectivity index (χ2n) is 7.30. The molecule has 0 N–H and O–H groups in total. The summed E-state index contributed by atoms with van der Waals surface area (Å²) in [6.07, 6.45) is 0.482. The molecule has 3 aromatic heterocycles. The van der Waals surface area contributed by atoms with Gasteiger partial charge in [0.15, 0.2) is 11.6 Å². The lowest BCUT2D eigenvalue weighted by Crippen LogP contribution is -2.10. The molecule has 0 radical (unpaired) electrons. The average molecular weight is 439 g/mol. The Labute approximate surface area is 182 Å². The Hall–Kier alpha value is -2.91. The molecule has 0 bridgehead atoms. The lowest BCUT2D eigenvalue weighted by Gasteiger charge is -2.11. The second-order valence-corrected chi connectivity index (χ2v) is 8.94. The number of hydrogen-bond acceptors (Lipinski definition) is 7. The number of rotatable bonds is 3. The van der Waals surface area contributed by atoms with E-state index in [2.05, 4.69) is 44.0 Å². The molecule has 0 fully saturated rings. The Morgan fingerprint density at radius 1 is 1.07 bits per heavy atom. The number of hydrogen-bond donors (Lipinski definition) is 0.